The maximum absolute atomic E-state index is 8.49. The van der Waals surface area contributed by atoms with Crippen molar-refractivity contribution in [3.8, 4) is 11.8 Å². The van der Waals surface area contributed by atoms with Crippen LogP contribution in [-0.4, -0.2) is 6.61 Å². The van der Waals surface area contributed by atoms with Crippen molar-refractivity contribution in [2.75, 3.05) is 6.61 Å². The van der Waals surface area contributed by atoms with E-state index in [4.69, 9.17) is 10.00 Å². The number of nitriles is 1. The Morgan fingerprint density at radius 2 is 2.38 bits per heavy atom. The molecule has 0 atom stereocenters. The van der Waals surface area contributed by atoms with Gasteiger partial charge >= 0.3 is 0 Å². The van der Waals surface area contributed by atoms with Crippen LogP contribution in [0.2, 0.25) is 0 Å². The van der Waals surface area contributed by atoms with Crippen LogP contribution in [-0.2, 0) is 12.8 Å². The van der Waals surface area contributed by atoms with Crippen LogP contribution in [0.4, 0.5) is 0 Å². The number of aryl methyl sites for hydroxylation is 1. The lowest BCUT2D eigenvalue weighted by Crippen LogP contribution is -1.91. The van der Waals surface area contributed by atoms with E-state index in [1.165, 1.54) is 11.1 Å². The summed E-state index contributed by atoms with van der Waals surface area (Å²) in [6.07, 6.45) is 2.38. The first kappa shape index (κ1) is 8.12. The number of para-hydroxylation sites is 1. The molecule has 2 rings (SSSR count). The first-order valence-electron chi connectivity index (χ1n) is 4.52. The third kappa shape index (κ3) is 1.50. The van der Waals surface area contributed by atoms with E-state index < -0.39 is 0 Å². The maximum Gasteiger partial charge on any atom is 0.125 e. The van der Waals surface area contributed by atoms with Crippen molar-refractivity contribution >= 4 is 0 Å². The van der Waals surface area contributed by atoms with Crippen LogP contribution < -0.4 is 4.74 Å². The smallest absolute Gasteiger partial charge is 0.125 e. The van der Waals surface area contributed by atoms with Crippen molar-refractivity contribution in [2.45, 2.75) is 19.3 Å². The van der Waals surface area contributed by atoms with Gasteiger partial charge in [-0.15, -0.1) is 0 Å². The third-order valence-electron chi connectivity index (χ3n) is 2.30. The van der Waals surface area contributed by atoms with E-state index in [0.717, 1.165) is 25.2 Å². The highest BCUT2D eigenvalue weighted by Gasteiger charge is 2.14. The Kier molecular flexibility index (Phi) is 2.18. The molecule has 1 aliphatic heterocycles. The third-order valence-corrected chi connectivity index (χ3v) is 2.30. The second kappa shape index (κ2) is 3.49. The highest BCUT2D eigenvalue weighted by atomic mass is 16.5. The van der Waals surface area contributed by atoms with Gasteiger partial charge in [0.2, 0.25) is 0 Å². The van der Waals surface area contributed by atoms with Gasteiger partial charge in [0.25, 0.3) is 0 Å². The SMILES string of the molecule is N#CCCc1cccc2c1OCC2. The standard InChI is InChI=1S/C11H11NO/c12-7-2-5-9-3-1-4-10-6-8-13-11(9)10/h1,3-4H,2,5-6,8H2. The summed E-state index contributed by atoms with van der Waals surface area (Å²) in [6, 6.07) is 8.33. The zero-order valence-electron chi connectivity index (χ0n) is 7.42. The minimum Gasteiger partial charge on any atom is -0.493 e. The molecule has 0 radical (unpaired) electrons. The predicted molar refractivity (Wildman–Crippen MR) is 49.6 cm³/mol. The van der Waals surface area contributed by atoms with Crippen molar-refractivity contribution in [2.24, 2.45) is 0 Å². The first-order chi connectivity index (χ1) is 6.42. The fraction of sp³-hybridized carbons (Fsp3) is 0.364. The van der Waals surface area contributed by atoms with E-state index in [2.05, 4.69) is 12.1 Å². The Balaban J connectivity index is 2.26. The first-order valence-corrected chi connectivity index (χ1v) is 4.52. The van der Waals surface area contributed by atoms with Gasteiger partial charge < -0.3 is 4.74 Å². The van der Waals surface area contributed by atoms with Gasteiger partial charge in [0.1, 0.15) is 5.75 Å². The lowest BCUT2D eigenvalue weighted by atomic mass is 10.0. The lowest BCUT2D eigenvalue weighted by molar-refractivity contribution is 0.353. The summed E-state index contributed by atoms with van der Waals surface area (Å²) < 4.78 is 5.52. The van der Waals surface area contributed by atoms with Gasteiger partial charge in [0.05, 0.1) is 12.7 Å². The van der Waals surface area contributed by atoms with Gasteiger partial charge in [0.15, 0.2) is 0 Å². The highest BCUT2D eigenvalue weighted by molar-refractivity contribution is 5.44. The molecule has 1 aromatic carbocycles. The molecule has 2 heteroatoms. The maximum atomic E-state index is 8.49. The Bertz CT molecular complexity index is 352. The number of rotatable bonds is 2. The molecule has 0 saturated heterocycles. The fourth-order valence-corrected chi connectivity index (χ4v) is 1.67. The summed E-state index contributed by atoms with van der Waals surface area (Å²) >= 11 is 0. The number of hydrogen-bond acceptors (Lipinski definition) is 2. The van der Waals surface area contributed by atoms with Gasteiger partial charge in [-0.25, -0.2) is 0 Å². The number of fused-ring (bicyclic) bond motifs is 1. The van der Waals surface area contributed by atoms with Gasteiger partial charge in [-0.05, 0) is 17.5 Å². The van der Waals surface area contributed by atoms with E-state index >= 15 is 0 Å². The molecule has 13 heavy (non-hydrogen) atoms. The average molecular weight is 173 g/mol. The van der Waals surface area contributed by atoms with Crippen molar-refractivity contribution in [3.05, 3.63) is 29.3 Å². The minimum absolute atomic E-state index is 0.569. The average Bonchev–Trinajstić information content (AvgIpc) is 2.62. The molecular weight excluding hydrogens is 162 g/mol. The number of hydrogen-bond donors (Lipinski definition) is 0. The monoisotopic (exact) mass is 173 g/mol. The van der Waals surface area contributed by atoms with E-state index in [0.29, 0.717) is 6.42 Å². The Morgan fingerprint density at radius 1 is 1.46 bits per heavy atom. The molecule has 0 fully saturated rings. The molecule has 0 aliphatic carbocycles. The molecule has 2 nitrogen and oxygen atoms in total. The van der Waals surface area contributed by atoms with Crippen LogP contribution in [0.5, 0.6) is 5.75 Å². The topological polar surface area (TPSA) is 33.0 Å². The molecule has 66 valence electrons. The van der Waals surface area contributed by atoms with Gasteiger partial charge in [-0.2, -0.15) is 5.26 Å². The molecule has 1 heterocycles. The minimum atomic E-state index is 0.569. The Morgan fingerprint density at radius 3 is 3.23 bits per heavy atom. The van der Waals surface area contributed by atoms with Crippen LogP contribution >= 0.6 is 0 Å². The van der Waals surface area contributed by atoms with Crippen molar-refractivity contribution < 1.29 is 4.74 Å². The molecule has 0 amide bonds. The second-order valence-corrected chi connectivity index (χ2v) is 3.16. The van der Waals surface area contributed by atoms with Crippen molar-refractivity contribution in [1.29, 1.82) is 5.26 Å². The van der Waals surface area contributed by atoms with Crippen molar-refractivity contribution in [3.63, 3.8) is 0 Å². The molecular formula is C11H11NO. The summed E-state index contributed by atoms with van der Waals surface area (Å²) in [5.74, 6) is 1.03. The van der Waals surface area contributed by atoms with E-state index in [9.17, 15) is 0 Å². The quantitative estimate of drug-likeness (QED) is 0.686. The van der Waals surface area contributed by atoms with Crippen molar-refractivity contribution in [1.82, 2.24) is 0 Å². The zero-order valence-corrected chi connectivity index (χ0v) is 7.42. The lowest BCUT2D eigenvalue weighted by Gasteiger charge is -2.04. The predicted octanol–water partition coefficient (Wildman–Crippen LogP) is 2.08. The molecule has 0 unspecified atom stereocenters. The molecule has 0 bridgehead atoms. The van der Waals surface area contributed by atoms with Gasteiger partial charge in [-0.3, -0.25) is 0 Å². The van der Waals surface area contributed by atoms with E-state index in [1.54, 1.807) is 0 Å². The zero-order chi connectivity index (χ0) is 9.10. The molecule has 1 aliphatic rings. The van der Waals surface area contributed by atoms with Crippen LogP contribution in [0.1, 0.15) is 17.5 Å². The Hall–Kier alpha value is -1.49. The van der Waals surface area contributed by atoms with Crippen LogP contribution in [0, 0.1) is 11.3 Å². The normalized spacial score (nSPS) is 13.2. The number of benzene rings is 1. The van der Waals surface area contributed by atoms with Crippen LogP contribution in [0.15, 0.2) is 18.2 Å². The van der Waals surface area contributed by atoms with E-state index in [-0.39, 0.29) is 0 Å². The summed E-state index contributed by atoms with van der Waals surface area (Å²) in [4.78, 5) is 0. The summed E-state index contributed by atoms with van der Waals surface area (Å²) in [6.45, 7) is 0.791. The van der Waals surface area contributed by atoms with Gasteiger partial charge in [0, 0.05) is 12.8 Å². The second-order valence-electron chi connectivity index (χ2n) is 3.16. The summed E-state index contributed by atoms with van der Waals surface area (Å²) in [7, 11) is 0. The summed E-state index contributed by atoms with van der Waals surface area (Å²) in [5, 5.41) is 8.49. The molecule has 0 N–H and O–H groups in total. The molecule has 1 aromatic rings. The largest absolute Gasteiger partial charge is 0.493 e. The van der Waals surface area contributed by atoms with Gasteiger partial charge in [-0.1, -0.05) is 18.2 Å². The van der Waals surface area contributed by atoms with Crippen LogP contribution in [0.25, 0.3) is 0 Å². The fourth-order valence-electron chi connectivity index (χ4n) is 1.67. The van der Waals surface area contributed by atoms with Crippen LogP contribution in [0.3, 0.4) is 0 Å². The number of ether oxygens (including phenoxy) is 1. The van der Waals surface area contributed by atoms with E-state index in [1.807, 2.05) is 12.1 Å². The molecule has 0 spiro atoms. The molecule has 0 aromatic heterocycles. The highest BCUT2D eigenvalue weighted by Crippen LogP contribution is 2.29. The Labute approximate surface area is 77.8 Å². The summed E-state index contributed by atoms with van der Waals surface area (Å²) in [5.41, 5.74) is 2.46. The molecule has 0 saturated carbocycles. The number of nitrogens with zero attached hydrogens (tertiary/aromatic N) is 1.